The zero-order chi connectivity index (χ0) is 17.2. The summed E-state index contributed by atoms with van der Waals surface area (Å²) in [5.41, 5.74) is 3.10. The molecule has 1 aliphatic heterocycles. The van der Waals surface area contributed by atoms with E-state index in [9.17, 15) is 4.79 Å². The summed E-state index contributed by atoms with van der Waals surface area (Å²) >= 11 is 0. The maximum atomic E-state index is 12.4. The van der Waals surface area contributed by atoms with Crippen LogP contribution in [-0.4, -0.2) is 25.3 Å². The fourth-order valence-electron chi connectivity index (χ4n) is 5.49. The second kappa shape index (κ2) is 5.07. The van der Waals surface area contributed by atoms with Crippen molar-refractivity contribution in [1.29, 1.82) is 0 Å². The van der Waals surface area contributed by atoms with Gasteiger partial charge in [-0.3, -0.25) is 0 Å². The monoisotopic (exact) mass is 316 g/mol. The highest BCUT2D eigenvalue weighted by atomic mass is 16.5. The smallest absolute Gasteiger partial charge is 0.334 e. The standard InChI is InChI=1S/C20H28O3/c1-8-11(2)16-19(5)10-13(4)15-14(18(21)22-7)9-12(3)17(23-16)20(15,19)6/h8-10,12,15-17H,1-7H3/b11-8+/t12-,15-,16+,17+,19+,20-/m0/s1. The Labute approximate surface area is 139 Å². The molecule has 0 unspecified atom stereocenters. The predicted molar refractivity (Wildman–Crippen MR) is 90.8 cm³/mol. The highest BCUT2D eigenvalue weighted by molar-refractivity contribution is 5.90. The molecular weight excluding hydrogens is 288 g/mol. The Morgan fingerprint density at radius 3 is 2.61 bits per heavy atom. The van der Waals surface area contributed by atoms with Gasteiger partial charge in [-0.05, 0) is 26.3 Å². The van der Waals surface area contributed by atoms with Crippen LogP contribution >= 0.6 is 0 Å². The van der Waals surface area contributed by atoms with E-state index in [1.807, 2.05) is 0 Å². The van der Waals surface area contributed by atoms with Crippen LogP contribution in [0.3, 0.4) is 0 Å². The van der Waals surface area contributed by atoms with E-state index in [4.69, 9.17) is 9.47 Å². The van der Waals surface area contributed by atoms with Gasteiger partial charge in [-0.25, -0.2) is 4.79 Å². The molecule has 1 fully saturated rings. The van der Waals surface area contributed by atoms with Crippen LogP contribution in [0.15, 0.2) is 34.9 Å². The lowest BCUT2D eigenvalue weighted by molar-refractivity contribution is -0.138. The molecule has 126 valence electrons. The van der Waals surface area contributed by atoms with E-state index in [0.29, 0.717) is 0 Å². The lowest BCUT2D eigenvalue weighted by atomic mass is 9.54. The first-order valence-corrected chi connectivity index (χ1v) is 8.50. The predicted octanol–water partition coefficient (Wildman–Crippen LogP) is 4.06. The van der Waals surface area contributed by atoms with Gasteiger partial charge in [-0.1, -0.05) is 44.6 Å². The molecule has 3 heteroatoms. The molecule has 23 heavy (non-hydrogen) atoms. The summed E-state index contributed by atoms with van der Waals surface area (Å²) in [5.74, 6) is 0.0687. The van der Waals surface area contributed by atoms with Crippen molar-refractivity contribution in [2.45, 2.75) is 53.8 Å². The van der Waals surface area contributed by atoms with Crippen molar-refractivity contribution < 1.29 is 14.3 Å². The third kappa shape index (κ3) is 1.83. The number of ether oxygens (including phenoxy) is 2. The topological polar surface area (TPSA) is 35.5 Å². The molecule has 3 nitrogen and oxygen atoms in total. The van der Waals surface area contributed by atoms with Crippen LogP contribution in [0.2, 0.25) is 0 Å². The normalized spacial score (nSPS) is 45.4. The quantitative estimate of drug-likeness (QED) is 0.569. The summed E-state index contributed by atoms with van der Waals surface area (Å²) in [6, 6.07) is 0. The first-order chi connectivity index (χ1) is 10.7. The molecule has 3 rings (SSSR count). The van der Waals surface area contributed by atoms with Gasteiger partial charge in [0, 0.05) is 28.2 Å². The second-order valence-corrected chi connectivity index (χ2v) is 7.83. The van der Waals surface area contributed by atoms with Gasteiger partial charge in [-0.15, -0.1) is 0 Å². The van der Waals surface area contributed by atoms with Gasteiger partial charge in [0.1, 0.15) is 0 Å². The molecule has 1 saturated heterocycles. The first-order valence-electron chi connectivity index (χ1n) is 8.50. The summed E-state index contributed by atoms with van der Waals surface area (Å²) in [4.78, 5) is 12.4. The zero-order valence-corrected chi connectivity index (χ0v) is 15.3. The van der Waals surface area contributed by atoms with Crippen LogP contribution < -0.4 is 0 Å². The minimum Gasteiger partial charge on any atom is -0.466 e. The van der Waals surface area contributed by atoms with E-state index >= 15 is 0 Å². The molecule has 3 aliphatic rings. The van der Waals surface area contributed by atoms with Crippen molar-refractivity contribution >= 4 is 5.97 Å². The molecule has 0 amide bonds. The first kappa shape index (κ1) is 16.5. The van der Waals surface area contributed by atoms with Crippen molar-refractivity contribution in [1.82, 2.24) is 0 Å². The third-order valence-electron chi connectivity index (χ3n) is 6.68. The van der Waals surface area contributed by atoms with Crippen LogP contribution in [0.25, 0.3) is 0 Å². The summed E-state index contributed by atoms with van der Waals surface area (Å²) in [6.07, 6.45) is 6.74. The van der Waals surface area contributed by atoms with Gasteiger partial charge in [0.15, 0.2) is 0 Å². The maximum absolute atomic E-state index is 12.4. The molecule has 0 bridgehead atoms. The Hall–Kier alpha value is -1.35. The van der Waals surface area contributed by atoms with E-state index in [2.05, 4.69) is 59.8 Å². The molecule has 0 spiro atoms. The Bertz CT molecular complexity index is 641. The van der Waals surface area contributed by atoms with Gasteiger partial charge < -0.3 is 9.47 Å². The molecule has 0 aromatic rings. The van der Waals surface area contributed by atoms with Crippen LogP contribution in [0, 0.1) is 22.7 Å². The van der Waals surface area contributed by atoms with Crippen molar-refractivity contribution in [3.63, 3.8) is 0 Å². The highest BCUT2D eigenvalue weighted by Gasteiger charge is 2.69. The Kier molecular flexibility index (Phi) is 3.64. The Morgan fingerprint density at radius 1 is 1.39 bits per heavy atom. The minimum atomic E-state index is -0.204. The fourth-order valence-corrected chi connectivity index (χ4v) is 5.49. The largest absolute Gasteiger partial charge is 0.466 e. The van der Waals surface area contributed by atoms with E-state index in [-0.39, 0.29) is 40.8 Å². The number of hydrogen-bond acceptors (Lipinski definition) is 3. The van der Waals surface area contributed by atoms with Crippen molar-refractivity contribution in [2.75, 3.05) is 7.11 Å². The maximum Gasteiger partial charge on any atom is 0.334 e. The average Bonchev–Trinajstić information content (AvgIpc) is 2.86. The van der Waals surface area contributed by atoms with Gasteiger partial charge in [0.25, 0.3) is 0 Å². The lowest BCUT2D eigenvalue weighted by Gasteiger charge is -2.47. The fraction of sp³-hybridized carbons (Fsp3) is 0.650. The molecule has 2 aliphatic carbocycles. The molecule has 0 saturated carbocycles. The van der Waals surface area contributed by atoms with Crippen molar-refractivity contribution in [3.8, 4) is 0 Å². The second-order valence-electron chi connectivity index (χ2n) is 7.83. The van der Waals surface area contributed by atoms with E-state index in [0.717, 1.165) is 5.57 Å². The summed E-state index contributed by atoms with van der Waals surface area (Å²) in [6.45, 7) is 13.1. The number of allylic oxidation sites excluding steroid dienone is 2. The number of rotatable bonds is 2. The number of esters is 1. The van der Waals surface area contributed by atoms with Crippen LogP contribution in [-0.2, 0) is 14.3 Å². The summed E-state index contributed by atoms with van der Waals surface area (Å²) in [7, 11) is 1.47. The minimum absolute atomic E-state index is 0.0651. The van der Waals surface area contributed by atoms with E-state index in [1.54, 1.807) is 0 Å². The van der Waals surface area contributed by atoms with Crippen LogP contribution in [0.5, 0.6) is 0 Å². The summed E-state index contributed by atoms with van der Waals surface area (Å²) in [5, 5.41) is 0. The van der Waals surface area contributed by atoms with Gasteiger partial charge in [0.05, 0.1) is 19.3 Å². The third-order valence-corrected chi connectivity index (χ3v) is 6.68. The SMILES string of the molecule is C/C=C(\C)[C@H]1O[C@@H]2[C@@H](C)C=C(C(=O)OC)[C@@H]3C(C)=C[C@@]1(C)[C@@]32C. The number of carbonyl (C=O) groups is 1. The van der Waals surface area contributed by atoms with Crippen molar-refractivity contribution in [3.05, 3.63) is 34.9 Å². The molecule has 6 atom stereocenters. The van der Waals surface area contributed by atoms with Gasteiger partial charge in [0.2, 0.25) is 0 Å². The van der Waals surface area contributed by atoms with Gasteiger partial charge in [-0.2, -0.15) is 0 Å². The number of carbonyl (C=O) groups excluding carboxylic acids is 1. The number of methoxy groups -OCH3 is 1. The molecule has 0 radical (unpaired) electrons. The molecule has 0 aromatic heterocycles. The van der Waals surface area contributed by atoms with Crippen LogP contribution in [0.1, 0.15) is 41.5 Å². The zero-order valence-electron chi connectivity index (χ0n) is 15.3. The molecule has 1 heterocycles. The highest BCUT2D eigenvalue weighted by Crippen LogP contribution is 2.69. The Morgan fingerprint density at radius 2 is 2.04 bits per heavy atom. The summed E-state index contributed by atoms with van der Waals surface area (Å²) < 4.78 is 11.6. The molecular formula is C20H28O3. The molecule has 0 aromatic carbocycles. The lowest BCUT2D eigenvalue weighted by Crippen LogP contribution is -2.49. The Balaban J connectivity index is 2.19. The van der Waals surface area contributed by atoms with Crippen molar-refractivity contribution in [2.24, 2.45) is 22.7 Å². The van der Waals surface area contributed by atoms with E-state index < -0.39 is 0 Å². The van der Waals surface area contributed by atoms with Crippen LogP contribution in [0.4, 0.5) is 0 Å². The van der Waals surface area contributed by atoms with Gasteiger partial charge >= 0.3 is 5.97 Å². The van der Waals surface area contributed by atoms with E-state index in [1.165, 1.54) is 18.3 Å². The molecule has 0 N–H and O–H groups in total. The number of hydrogen-bond donors (Lipinski definition) is 0. The average molecular weight is 316 g/mol.